The Hall–Kier alpha value is -4.30. The Bertz CT molecular complexity index is 1870. The van der Waals surface area contributed by atoms with Gasteiger partial charge in [0.05, 0.1) is 29.8 Å². The Morgan fingerprint density at radius 3 is 1.86 bits per heavy atom. The number of Topliss-reactive ketones (excluding diaryl/α,β-unsaturated/α-hetero) is 1. The van der Waals surface area contributed by atoms with E-state index in [1.165, 1.54) is 85.1 Å². The number of alkyl halides is 2. The van der Waals surface area contributed by atoms with Crippen molar-refractivity contribution in [2.75, 3.05) is 7.11 Å². The molecule has 6 nitrogen and oxygen atoms in total. The van der Waals surface area contributed by atoms with E-state index in [0.717, 1.165) is 11.1 Å². The van der Waals surface area contributed by atoms with Crippen molar-refractivity contribution in [1.29, 1.82) is 0 Å². The molecule has 1 atom stereocenters. The average Bonchev–Trinajstić information content (AvgIpc) is 3.06. The van der Waals surface area contributed by atoms with Crippen molar-refractivity contribution in [2.45, 2.75) is 77.2 Å². The standard InChI is InChI=1S/C41H44F3O6P/c1-39(2,3)49-51(47,50-40(4,5)6)41(43,44)34-21-16-28(17-22-34)26-31(29-12-9-8-10-13-29)20-25-36(37(45)30-18-23-35(42)24-19-30)32-14-11-15-33(27-32)38(46)48-7/h8-24,27,36H,25-26H2,1-7H3/b31-20+. The van der Waals surface area contributed by atoms with E-state index in [-0.39, 0.29) is 17.8 Å². The van der Waals surface area contributed by atoms with E-state index in [9.17, 15) is 18.5 Å². The first-order valence-corrected chi connectivity index (χ1v) is 18.1. The van der Waals surface area contributed by atoms with Crippen LogP contribution in [-0.2, 0) is 30.4 Å². The lowest BCUT2D eigenvalue weighted by Crippen LogP contribution is -2.30. The molecule has 0 saturated heterocycles. The molecule has 51 heavy (non-hydrogen) atoms. The van der Waals surface area contributed by atoms with Gasteiger partial charge in [-0.05, 0) is 113 Å². The van der Waals surface area contributed by atoms with Gasteiger partial charge in [0.25, 0.3) is 0 Å². The Morgan fingerprint density at radius 2 is 1.31 bits per heavy atom. The number of ether oxygens (including phenoxy) is 1. The molecule has 4 rings (SSSR count). The molecular weight excluding hydrogens is 676 g/mol. The lowest BCUT2D eigenvalue weighted by Gasteiger charge is -2.36. The third-order valence-electron chi connectivity index (χ3n) is 7.73. The fourth-order valence-corrected chi connectivity index (χ4v) is 7.64. The maximum absolute atomic E-state index is 16.0. The molecular formula is C41H44F3O6P. The smallest absolute Gasteiger partial charge is 0.405 e. The van der Waals surface area contributed by atoms with E-state index >= 15 is 8.78 Å². The minimum Gasteiger partial charge on any atom is -0.465 e. The molecule has 0 aliphatic rings. The van der Waals surface area contributed by atoms with Crippen molar-refractivity contribution in [2.24, 2.45) is 0 Å². The molecule has 270 valence electrons. The summed E-state index contributed by atoms with van der Waals surface area (Å²) >= 11 is 0. The molecule has 0 N–H and O–H groups in total. The molecule has 0 spiro atoms. The summed E-state index contributed by atoms with van der Waals surface area (Å²) in [6.07, 6.45) is 2.43. The van der Waals surface area contributed by atoms with E-state index in [1.807, 2.05) is 36.4 Å². The van der Waals surface area contributed by atoms with Gasteiger partial charge in [-0.1, -0.05) is 72.8 Å². The number of carbonyl (C=O) groups is 2. The van der Waals surface area contributed by atoms with Crippen LogP contribution in [0.4, 0.5) is 13.2 Å². The fourth-order valence-electron chi connectivity index (χ4n) is 5.47. The van der Waals surface area contributed by atoms with Gasteiger partial charge in [-0.25, -0.2) is 9.18 Å². The topological polar surface area (TPSA) is 78.9 Å². The molecule has 0 bridgehead atoms. The summed E-state index contributed by atoms with van der Waals surface area (Å²) in [4.78, 5) is 26.3. The predicted octanol–water partition coefficient (Wildman–Crippen LogP) is 11.2. The Labute approximate surface area is 298 Å². The number of benzene rings is 4. The molecule has 4 aromatic carbocycles. The highest BCUT2D eigenvalue weighted by molar-refractivity contribution is 7.54. The number of hydrogen-bond donors (Lipinski definition) is 0. The maximum atomic E-state index is 16.0. The number of ketones is 1. The molecule has 0 heterocycles. The van der Waals surface area contributed by atoms with Crippen LogP contribution in [-0.4, -0.2) is 30.1 Å². The van der Waals surface area contributed by atoms with Gasteiger partial charge in [0.1, 0.15) is 5.82 Å². The number of hydrogen-bond acceptors (Lipinski definition) is 6. The first-order valence-electron chi connectivity index (χ1n) is 16.5. The van der Waals surface area contributed by atoms with Crippen LogP contribution >= 0.6 is 7.60 Å². The highest BCUT2D eigenvalue weighted by Gasteiger charge is 2.58. The van der Waals surface area contributed by atoms with Crippen LogP contribution in [0.1, 0.15) is 96.9 Å². The summed E-state index contributed by atoms with van der Waals surface area (Å²) in [5, 5.41) is 0. The number of methoxy groups -OCH3 is 1. The minimum absolute atomic E-state index is 0.207. The number of rotatable bonds is 13. The summed E-state index contributed by atoms with van der Waals surface area (Å²) in [6, 6.07) is 26.9. The van der Waals surface area contributed by atoms with Crippen LogP contribution in [0.25, 0.3) is 5.57 Å². The summed E-state index contributed by atoms with van der Waals surface area (Å²) < 4.78 is 75.3. The number of carbonyl (C=O) groups excluding carboxylic acids is 2. The van der Waals surface area contributed by atoms with E-state index in [0.29, 0.717) is 23.1 Å². The molecule has 0 amide bonds. The molecule has 0 aliphatic heterocycles. The summed E-state index contributed by atoms with van der Waals surface area (Å²) in [5.74, 6) is -2.05. The zero-order valence-electron chi connectivity index (χ0n) is 29.9. The summed E-state index contributed by atoms with van der Waals surface area (Å²) in [5.41, 5.74) is -3.30. The van der Waals surface area contributed by atoms with Crippen molar-refractivity contribution >= 4 is 24.9 Å². The third-order valence-corrected chi connectivity index (χ3v) is 10.2. The van der Waals surface area contributed by atoms with Crippen LogP contribution < -0.4 is 0 Å². The molecule has 0 radical (unpaired) electrons. The zero-order valence-corrected chi connectivity index (χ0v) is 30.8. The Kier molecular flexibility index (Phi) is 12.3. The van der Waals surface area contributed by atoms with Crippen molar-refractivity contribution in [1.82, 2.24) is 0 Å². The first-order chi connectivity index (χ1) is 23.8. The van der Waals surface area contributed by atoms with Crippen molar-refractivity contribution < 1.29 is 41.1 Å². The minimum atomic E-state index is -5.00. The molecule has 0 aliphatic carbocycles. The van der Waals surface area contributed by atoms with E-state index < -0.39 is 47.7 Å². The number of halogens is 3. The van der Waals surface area contributed by atoms with Gasteiger partial charge in [-0.3, -0.25) is 18.4 Å². The van der Waals surface area contributed by atoms with Crippen LogP contribution in [0, 0.1) is 5.82 Å². The van der Waals surface area contributed by atoms with Gasteiger partial charge in [0.2, 0.25) is 0 Å². The predicted molar refractivity (Wildman–Crippen MR) is 194 cm³/mol. The largest absolute Gasteiger partial charge is 0.465 e. The normalized spacial score (nSPS) is 13.5. The second kappa shape index (κ2) is 15.9. The summed E-state index contributed by atoms with van der Waals surface area (Å²) in [6.45, 7) is 9.23. The SMILES string of the molecule is COC(=O)c1cccc(C(C/C=C(\Cc2ccc(C(F)(F)P(=O)(OC(C)(C)C)OC(C)(C)C)cc2)c2ccccc2)C(=O)c2ccc(F)cc2)c1. The number of esters is 1. The maximum Gasteiger partial charge on any atom is 0.405 e. The molecule has 10 heteroatoms. The monoisotopic (exact) mass is 720 g/mol. The molecule has 0 aromatic heterocycles. The van der Waals surface area contributed by atoms with Crippen molar-refractivity contribution in [3.05, 3.63) is 148 Å². The van der Waals surface area contributed by atoms with Crippen molar-refractivity contribution in [3.63, 3.8) is 0 Å². The van der Waals surface area contributed by atoms with Crippen LogP contribution in [0.5, 0.6) is 0 Å². The van der Waals surface area contributed by atoms with Gasteiger partial charge < -0.3 is 4.74 Å². The molecule has 4 aromatic rings. The molecule has 1 unspecified atom stereocenters. The van der Waals surface area contributed by atoms with Gasteiger partial charge in [-0.2, -0.15) is 8.78 Å². The highest BCUT2D eigenvalue weighted by atomic mass is 31.2. The number of allylic oxidation sites excluding steroid dienone is 2. The fraction of sp³-hybridized carbons (Fsp3) is 0.317. The van der Waals surface area contributed by atoms with Crippen LogP contribution in [0.2, 0.25) is 0 Å². The second-order valence-corrected chi connectivity index (χ2v) is 16.1. The lowest BCUT2D eigenvalue weighted by molar-refractivity contribution is -0.0213. The van der Waals surface area contributed by atoms with Gasteiger partial charge >= 0.3 is 19.2 Å². The highest BCUT2D eigenvalue weighted by Crippen LogP contribution is 2.69. The first kappa shape index (κ1) is 39.5. The van der Waals surface area contributed by atoms with Crippen LogP contribution in [0.3, 0.4) is 0 Å². The zero-order chi connectivity index (χ0) is 37.6. The van der Waals surface area contributed by atoms with E-state index in [2.05, 4.69) is 0 Å². The van der Waals surface area contributed by atoms with Gasteiger partial charge in [0, 0.05) is 11.1 Å². The average molecular weight is 721 g/mol. The molecule has 0 fully saturated rings. The summed E-state index contributed by atoms with van der Waals surface area (Å²) in [7, 11) is -3.73. The third kappa shape index (κ3) is 10.4. The van der Waals surface area contributed by atoms with Gasteiger partial charge in [-0.15, -0.1) is 0 Å². The quantitative estimate of drug-likeness (QED) is 0.0777. The van der Waals surface area contributed by atoms with Crippen molar-refractivity contribution in [3.8, 4) is 0 Å². The Morgan fingerprint density at radius 1 is 0.745 bits per heavy atom. The van der Waals surface area contributed by atoms with Gasteiger partial charge in [0.15, 0.2) is 5.78 Å². The van der Waals surface area contributed by atoms with E-state index in [4.69, 9.17) is 13.8 Å². The second-order valence-electron chi connectivity index (χ2n) is 14.2. The van der Waals surface area contributed by atoms with Crippen LogP contribution in [0.15, 0.2) is 109 Å². The lowest BCUT2D eigenvalue weighted by atomic mass is 9.85. The Balaban J connectivity index is 1.72. The van der Waals surface area contributed by atoms with E-state index in [1.54, 1.807) is 36.4 Å². The molecule has 0 saturated carbocycles.